The van der Waals surface area contributed by atoms with Gasteiger partial charge in [0.1, 0.15) is 16.3 Å². The number of piperidine rings is 1. The highest BCUT2D eigenvalue weighted by Gasteiger charge is 2.28. The van der Waals surface area contributed by atoms with Gasteiger partial charge < -0.3 is 15.0 Å². The van der Waals surface area contributed by atoms with Gasteiger partial charge in [-0.2, -0.15) is 4.31 Å². The third-order valence-corrected chi connectivity index (χ3v) is 7.04. The number of sulfonamides is 1. The Morgan fingerprint density at radius 1 is 1.10 bits per heavy atom. The van der Waals surface area contributed by atoms with Gasteiger partial charge in [-0.1, -0.05) is 18.6 Å². The molecule has 3 aromatic rings. The number of hydrogen-bond donors (Lipinski definition) is 2. The van der Waals surface area contributed by atoms with E-state index in [1.165, 1.54) is 33.5 Å². The minimum atomic E-state index is -3.62. The van der Waals surface area contributed by atoms with E-state index < -0.39 is 15.9 Å². The molecule has 1 aliphatic rings. The van der Waals surface area contributed by atoms with E-state index in [1.807, 2.05) is 0 Å². The van der Waals surface area contributed by atoms with Crippen molar-refractivity contribution >= 4 is 21.6 Å². The molecule has 1 amide bonds. The fraction of sp³-hybridized carbons (Fsp3) is 0.286. The highest BCUT2D eigenvalue weighted by molar-refractivity contribution is 7.89. The van der Waals surface area contributed by atoms with Crippen LogP contribution in [0.15, 0.2) is 53.8 Å². The molecule has 1 aromatic carbocycles. The van der Waals surface area contributed by atoms with Gasteiger partial charge >= 0.3 is 0 Å². The molecule has 1 aliphatic heterocycles. The van der Waals surface area contributed by atoms with E-state index in [0.717, 1.165) is 19.3 Å². The van der Waals surface area contributed by atoms with Crippen LogP contribution in [0, 0.1) is 0 Å². The Bertz CT molecular complexity index is 1200. The Kier molecular flexibility index (Phi) is 5.75. The van der Waals surface area contributed by atoms with Crippen LogP contribution in [0.5, 0.6) is 5.75 Å². The number of carbonyl (C=O) groups excluding carboxylic acids is 1. The summed E-state index contributed by atoms with van der Waals surface area (Å²) in [5, 5.41) is 12.3. The standard InChI is InChI=1S/C21H23N5O4S/c1-25-14-18(31(29,30)26-8-3-2-4-9-26)11-19(25)21(28)24-16-12-22-20(23-13-16)15-6-5-7-17(27)10-15/h5-7,10-14,27H,2-4,8-9H2,1H3,(H,24,28). The van der Waals surface area contributed by atoms with Gasteiger partial charge in [0.2, 0.25) is 10.0 Å². The first kappa shape index (κ1) is 21.0. The normalized spacial score (nSPS) is 15.0. The summed E-state index contributed by atoms with van der Waals surface area (Å²) in [7, 11) is -1.99. The zero-order valence-electron chi connectivity index (χ0n) is 17.0. The van der Waals surface area contributed by atoms with E-state index in [-0.39, 0.29) is 16.3 Å². The van der Waals surface area contributed by atoms with Gasteiger partial charge in [0.25, 0.3) is 5.91 Å². The number of carbonyl (C=O) groups is 1. The fourth-order valence-corrected chi connectivity index (χ4v) is 5.13. The minimum absolute atomic E-state index is 0.109. The molecule has 0 bridgehead atoms. The van der Waals surface area contributed by atoms with E-state index in [0.29, 0.717) is 30.2 Å². The van der Waals surface area contributed by atoms with Gasteiger partial charge in [-0.05, 0) is 31.0 Å². The zero-order valence-corrected chi connectivity index (χ0v) is 17.8. The number of aromatic hydroxyl groups is 1. The van der Waals surface area contributed by atoms with Gasteiger partial charge in [-0.25, -0.2) is 18.4 Å². The van der Waals surface area contributed by atoms with Gasteiger partial charge in [-0.15, -0.1) is 0 Å². The highest BCUT2D eigenvalue weighted by atomic mass is 32.2. The predicted octanol–water partition coefficient (Wildman–Crippen LogP) is 2.61. The van der Waals surface area contributed by atoms with Gasteiger partial charge in [0, 0.05) is 31.9 Å². The third-order valence-electron chi connectivity index (χ3n) is 5.18. The Morgan fingerprint density at radius 3 is 2.48 bits per heavy atom. The number of aryl methyl sites for hydroxylation is 1. The Balaban J connectivity index is 1.50. The van der Waals surface area contributed by atoms with Gasteiger partial charge in [-0.3, -0.25) is 4.79 Å². The highest BCUT2D eigenvalue weighted by Crippen LogP contribution is 2.23. The third kappa shape index (κ3) is 4.44. The number of rotatable bonds is 5. The number of phenolic OH excluding ortho intramolecular Hbond substituents is 1. The molecule has 0 spiro atoms. The molecule has 0 aliphatic carbocycles. The van der Waals surface area contributed by atoms with E-state index in [2.05, 4.69) is 15.3 Å². The summed E-state index contributed by atoms with van der Waals surface area (Å²) in [4.78, 5) is 21.3. The molecule has 1 fully saturated rings. The van der Waals surface area contributed by atoms with Crippen molar-refractivity contribution < 1.29 is 18.3 Å². The van der Waals surface area contributed by atoms with Crippen molar-refractivity contribution in [2.24, 2.45) is 7.05 Å². The molecule has 31 heavy (non-hydrogen) atoms. The first-order valence-electron chi connectivity index (χ1n) is 9.94. The zero-order chi connectivity index (χ0) is 22.0. The van der Waals surface area contributed by atoms with Crippen LogP contribution < -0.4 is 5.32 Å². The lowest BCUT2D eigenvalue weighted by Crippen LogP contribution is -2.35. The maximum absolute atomic E-state index is 12.9. The van der Waals surface area contributed by atoms with E-state index in [1.54, 1.807) is 31.3 Å². The van der Waals surface area contributed by atoms with E-state index in [9.17, 15) is 18.3 Å². The smallest absolute Gasteiger partial charge is 0.272 e. The summed E-state index contributed by atoms with van der Waals surface area (Å²) in [6.45, 7) is 1.00. The van der Waals surface area contributed by atoms with Crippen LogP contribution in [0.1, 0.15) is 29.8 Å². The van der Waals surface area contributed by atoms with Crippen LogP contribution in [0.25, 0.3) is 11.4 Å². The summed E-state index contributed by atoms with van der Waals surface area (Å²) in [6, 6.07) is 7.94. The van der Waals surface area contributed by atoms with E-state index in [4.69, 9.17) is 0 Å². The predicted molar refractivity (Wildman–Crippen MR) is 115 cm³/mol. The molecule has 2 N–H and O–H groups in total. The quantitative estimate of drug-likeness (QED) is 0.629. The van der Waals surface area contributed by atoms with E-state index >= 15 is 0 Å². The molecule has 0 atom stereocenters. The number of hydrogen-bond acceptors (Lipinski definition) is 6. The van der Waals surface area contributed by atoms with Crippen molar-refractivity contribution in [3.8, 4) is 17.1 Å². The Hall–Kier alpha value is -3.24. The second-order valence-corrected chi connectivity index (χ2v) is 9.37. The SMILES string of the molecule is Cn1cc(S(=O)(=O)N2CCCCC2)cc1C(=O)Nc1cnc(-c2cccc(O)c2)nc1. The molecule has 0 radical (unpaired) electrons. The molecule has 4 rings (SSSR count). The van der Waals surface area contributed by atoms with Crippen molar-refractivity contribution in [2.75, 3.05) is 18.4 Å². The van der Waals surface area contributed by atoms with Crippen LogP contribution in [0.3, 0.4) is 0 Å². The first-order chi connectivity index (χ1) is 14.8. The second-order valence-electron chi connectivity index (χ2n) is 7.44. The van der Waals surface area contributed by atoms with Crippen LogP contribution in [0.2, 0.25) is 0 Å². The molecular formula is C21H23N5O4S. The summed E-state index contributed by atoms with van der Waals surface area (Å²) in [5.41, 5.74) is 1.23. The van der Waals surface area contributed by atoms with Crippen LogP contribution in [-0.4, -0.2) is 51.4 Å². The molecule has 1 saturated heterocycles. The van der Waals surface area contributed by atoms with Gasteiger partial charge in [0.05, 0.1) is 18.1 Å². The van der Waals surface area contributed by atoms with Crippen LogP contribution in [0.4, 0.5) is 5.69 Å². The lowest BCUT2D eigenvalue weighted by molar-refractivity contribution is 0.101. The molecular weight excluding hydrogens is 418 g/mol. The molecule has 0 unspecified atom stereocenters. The molecule has 3 heterocycles. The lowest BCUT2D eigenvalue weighted by atomic mass is 10.2. The number of aromatic nitrogens is 3. The number of nitrogens with one attached hydrogen (secondary N) is 1. The molecule has 10 heteroatoms. The Morgan fingerprint density at radius 2 is 1.81 bits per heavy atom. The first-order valence-corrected chi connectivity index (χ1v) is 11.4. The second kappa shape index (κ2) is 8.48. The van der Waals surface area contributed by atoms with Crippen molar-refractivity contribution in [2.45, 2.75) is 24.2 Å². The topological polar surface area (TPSA) is 117 Å². The summed E-state index contributed by atoms with van der Waals surface area (Å²) < 4.78 is 28.7. The van der Waals surface area contributed by atoms with Crippen LogP contribution >= 0.6 is 0 Å². The van der Waals surface area contributed by atoms with Crippen molar-refractivity contribution in [1.29, 1.82) is 0 Å². The number of anilines is 1. The Labute approximate surface area is 180 Å². The maximum atomic E-state index is 12.9. The largest absolute Gasteiger partial charge is 0.508 e. The number of amides is 1. The van der Waals surface area contributed by atoms with Crippen LogP contribution in [-0.2, 0) is 17.1 Å². The van der Waals surface area contributed by atoms with Gasteiger partial charge in [0.15, 0.2) is 5.82 Å². The summed E-state index contributed by atoms with van der Waals surface area (Å²) in [6.07, 6.45) is 7.09. The average Bonchev–Trinajstić information content (AvgIpc) is 3.17. The minimum Gasteiger partial charge on any atom is -0.508 e. The number of phenols is 1. The monoisotopic (exact) mass is 441 g/mol. The molecule has 2 aromatic heterocycles. The fourth-order valence-electron chi connectivity index (χ4n) is 3.54. The average molecular weight is 442 g/mol. The number of nitrogens with zero attached hydrogens (tertiary/aromatic N) is 4. The molecule has 9 nitrogen and oxygen atoms in total. The number of benzene rings is 1. The molecule has 0 saturated carbocycles. The van der Waals surface area contributed by atoms with Crippen molar-refractivity contribution in [3.63, 3.8) is 0 Å². The summed E-state index contributed by atoms with van der Waals surface area (Å²) >= 11 is 0. The summed E-state index contributed by atoms with van der Waals surface area (Å²) in [5.74, 6) is 0.0523. The molecule has 162 valence electrons. The lowest BCUT2D eigenvalue weighted by Gasteiger charge is -2.25. The van der Waals surface area contributed by atoms with Crippen molar-refractivity contribution in [1.82, 2.24) is 18.8 Å². The maximum Gasteiger partial charge on any atom is 0.272 e. The van der Waals surface area contributed by atoms with Crippen molar-refractivity contribution in [3.05, 3.63) is 54.6 Å².